The molecular formula is C11H14ClFO2. The molecule has 84 valence electrons. The fourth-order valence-electron chi connectivity index (χ4n) is 1.31. The van der Waals surface area contributed by atoms with Crippen molar-refractivity contribution in [2.75, 3.05) is 13.7 Å². The first-order valence-corrected chi connectivity index (χ1v) is 4.94. The van der Waals surface area contributed by atoms with Gasteiger partial charge in [0.2, 0.25) is 0 Å². The van der Waals surface area contributed by atoms with Crippen LogP contribution in [0.15, 0.2) is 12.1 Å². The molecule has 0 spiro atoms. The van der Waals surface area contributed by atoms with Gasteiger partial charge in [-0.2, -0.15) is 0 Å². The topological polar surface area (TPSA) is 29.5 Å². The fourth-order valence-corrected chi connectivity index (χ4v) is 1.48. The second-order valence-electron chi connectivity index (χ2n) is 4.01. The lowest BCUT2D eigenvalue weighted by Crippen LogP contribution is -2.23. The van der Waals surface area contributed by atoms with Gasteiger partial charge in [0.05, 0.1) is 18.7 Å². The molecule has 0 unspecified atom stereocenters. The number of halogens is 2. The summed E-state index contributed by atoms with van der Waals surface area (Å²) in [5.74, 6) is -0.123. The molecule has 0 saturated carbocycles. The molecule has 0 amide bonds. The molecule has 1 rings (SSSR count). The van der Waals surface area contributed by atoms with Crippen molar-refractivity contribution < 1.29 is 14.2 Å². The summed E-state index contributed by atoms with van der Waals surface area (Å²) in [7, 11) is 1.46. The van der Waals surface area contributed by atoms with E-state index in [9.17, 15) is 9.50 Å². The third-order valence-electron chi connectivity index (χ3n) is 2.37. The summed E-state index contributed by atoms with van der Waals surface area (Å²) in [6.45, 7) is 3.60. The van der Waals surface area contributed by atoms with Crippen LogP contribution < -0.4 is 4.74 Å². The van der Waals surface area contributed by atoms with Crippen molar-refractivity contribution in [3.63, 3.8) is 0 Å². The van der Waals surface area contributed by atoms with Crippen LogP contribution >= 0.6 is 11.6 Å². The Kier molecular flexibility index (Phi) is 3.58. The molecule has 1 N–H and O–H groups in total. The number of hydrogen-bond donors (Lipinski definition) is 1. The summed E-state index contributed by atoms with van der Waals surface area (Å²) < 4.78 is 18.2. The minimum Gasteiger partial charge on any atom is -0.496 e. The number of aliphatic hydroxyl groups is 1. The molecule has 0 radical (unpaired) electrons. The smallest absolute Gasteiger partial charge is 0.145 e. The molecule has 2 nitrogen and oxygen atoms in total. The van der Waals surface area contributed by atoms with E-state index in [0.717, 1.165) is 0 Å². The zero-order valence-electron chi connectivity index (χ0n) is 8.97. The van der Waals surface area contributed by atoms with Gasteiger partial charge in [0.25, 0.3) is 0 Å². The van der Waals surface area contributed by atoms with E-state index in [4.69, 9.17) is 16.3 Å². The molecular weight excluding hydrogens is 219 g/mol. The van der Waals surface area contributed by atoms with Crippen molar-refractivity contribution in [1.82, 2.24) is 0 Å². The van der Waals surface area contributed by atoms with Crippen molar-refractivity contribution in [1.29, 1.82) is 0 Å². The average Bonchev–Trinajstić information content (AvgIpc) is 2.21. The summed E-state index contributed by atoms with van der Waals surface area (Å²) in [6, 6.07) is 2.72. The second kappa shape index (κ2) is 4.37. The molecule has 4 heteroatoms. The van der Waals surface area contributed by atoms with Crippen molar-refractivity contribution in [2.24, 2.45) is 0 Å². The Labute approximate surface area is 93.6 Å². The Balaban J connectivity index is 3.34. The summed E-state index contributed by atoms with van der Waals surface area (Å²) in [4.78, 5) is 0. The zero-order valence-corrected chi connectivity index (χ0v) is 9.73. The summed E-state index contributed by atoms with van der Waals surface area (Å²) in [6.07, 6.45) is 0. The monoisotopic (exact) mass is 232 g/mol. The predicted octanol–water partition coefficient (Wildman–Crippen LogP) is 2.76. The number of aliphatic hydroxyl groups excluding tert-OH is 1. The highest BCUT2D eigenvalue weighted by Gasteiger charge is 2.25. The highest BCUT2D eigenvalue weighted by molar-refractivity contribution is 6.30. The number of benzene rings is 1. The van der Waals surface area contributed by atoms with Crippen LogP contribution in [0.5, 0.6) is 5.75 Å². The van der Waals surface area contributed by atoms with Crippen LogP contribution in [0.4, 0.5) is 4.39 Å². The molecule has 0 bridgehead atoms. The van der Waals surface area contributed by atoms with Crippen molar-refractivity contribution in [3.8, 4) is 5.75 Å². The maximum atomic E-state index is 13.2. The molecule has 0 heterocycles. The first-order chi connectivity index (χ1) is 6.92. The number of ether oxygens (including phenoxy) is 1. The van der Waals surface area contributed by atoms with Gasteiger partial charge in [-0.15, -0.1) is 0 Å². The number of hydrogen-bond acceptors (Lipinski definition) is 2. The van der Waals surface area contributed by atoms with Gasteiger partial charge in [0.1, 0.15) is 11.6 Å². The van der Waals surface area contributed by atoms with E-state index in [-0.39, 0.29) is 11.6 Å². The molecule has 0 aliphatic rings. The maximum Gasteiger partial charge on any atom is 0.145 e. The Bertz CT molecular complexity index is 364. The fraction of sp³-hybridized carbons (Fsp3) is 0.455. The van der Waals surface area contributed by atoms with Crippen LogP contribution in [-0.2, 0) is 5.41 Å². The van der Waals surface area contributed by atoms with Crippen LogP contribution in [-0.4, -0.2) is 18.8 Å². The van der Waals surface area contributed by atoms with E-state index in [1.54, 1.807) is 0 Å². The van der Waals surface area contributed by atoms with E-state index in [0.29, 0.717) is 11.3 Å². The normalized spacial score (nSPS) is 11.6. The average molecular weight is 233 g/mol. The third kappa shape index (κ3) is 2.41. The molecule has 0 fully saturated rings. The minimum atomic E-state index is -0.522. The van der Waals surface area contributed by atoms with Gasteiger partial charge in [-0.1, -0.05) is 25.4 Å². The van der Waals surface area contributed by atoms with Crippen molar-refractivity contribution >= 4 is 11.6 Å². The Hall–Kier alpha value is -0.800. The van der Waals surface area contributed by atoms with Gasteiger partial charge in [-0.25, -0.2) is 4.39 Å². The molecule has 1 aromatic carbocycles. The van der Waals surface area contributed by atoms with Crippen molar-refractivity contribution in [2.45, 2.75) is 19.3 Å². The highest BCUT2D eigenvalue weighted by Crippen LogP contribution is 2.34. The quantitative estimate of drug-likeness (QED) is 0.869. The zero-order chi connectivity index (χ0) is 11.6. The molecule has 0 aliphatic heterocycles. The van der Waals surface area contributed by atoms with E-state index >= 15 is 0 Å². The van der Waals surface area contributed by atoms with Gasteiger partial charge in [-0.05, 0) is 6.07 Å². The summed E-state index contributed by atoms with van der Waals surface area (Å²) in [5, 5.41) is 9.27. The third-order valence-corrected chi connectivity index (χ3v) is 2.66. The minimum absolute atomic E-state index is 0.0346. The lowest BCUT2D eigenvalue weighted by atomic mass is 9.85. The van der Waals surface area contributed by atoms with Gasteiger partial charge in [0.15, 0.2) is 0 Å². The molecule has 0 atom stereocenters. The van der Waals surface area contributed by atoms with Crippen LogP contribution in [0.2, 0.25) is 5.02 Å². The lowest BCUT2D eigenvalue weighted by molar-refractivity contribution is 0.214. The van der Waals surface area contributed by atoms with Gasteiger partial charge in [0, 0.05) is 17.0 Å². The Morgan fingerprint density at radius 3 is 2.53 bits per heavy atom. The molecule has 1 aromatic rings. The van der Waals surface area contributed by atoms with Gasteiger partial charge < -0.3 is 9.84 Å². The van der Waals surface area contributed by atoms with E-state index in [1.807, 2.05) is 13.8 Å². The second-order valence-corrected chi connectivity index (χ2v) is 4.42. The molecule has 15 heavy (non-hydrogen) atoms. The molecule has 0 aromatic heterocycles. The largest absolute Gasteiger partial charge is 0.496 e. The van der Waals surface area contributed by atoms with Crippen LogP contribution in [0.25, 0.3) is 0 Å². The standard InChI is InChI=1S/C11H14ClFO2/c1-11(2,6-14)7-4-8(12)9(13)5-10(7)15-3/h4-5,14H,6H2,1-3H3. The van der Waals surface area contributed by atoms with Gasteiger partial charge in [-0.3, -0.25) is 0 Å². The van der Waals surface area contributed by atoms with Crippen LogP contribution in [0, 0.1) is 5.82 Å². The van der Waals surface area contributed by atoms with E-state index < -0.39 is 11.2 Å². The SMILES string of the molecule is COc1cc(F)c(Cl)cc1C(C)(C)CO. The first kappa shape index (κ1) is 12.3. The van der Waals surface area contributed by atoms with E-state index in [1.165, 1.54) is 19.2 Å². The lowest BCUT2D eigenvalue weighted by Gasteiger charge is -2.24. The molecule has 0 saturated heterocycles. The van der Waals surface area contributed by atoms with Crippen LogP contribution in [0.1, 0.15) is 19.4 Å². The molecule has 0 aliphatic carbocycles. The summed E-state index contributed by atoms with van der Waals surface area (Å²) >= 11 is 5.69. The summed E-state index contributed by atoms with van der Waals surface area (Å²) in [5.41, 5.74) is 0.182. The van der Waals surface area contributed by atoms with Crippen LogP contribution in [0.3, 0.4) is 0 Å². The predicted molar refractivity (Wildman–Crippen MR) is 58.1 cm³/mol. The van der Waals surface area contributed by atoms with E-state index in [2.05, 4.69) is 0 Å². The number of methoxy groups -OCH3 is 1. The van der Waals surface area contributed by atoms with Gasteiger partial charge >= 0.3 is 0 Å². The maximum absolute atomic E-state index is 13.2. The highest BCUT2D eigenvalue weighted by atomic mass is 35.5. The Morgan fingerprint density at radius 1 is 1.47 bits per heavy atom. The Morgan fingerprint density at radius 2 is 2.07 bits per heavy atom. The first-order valence-electron chi connectivity index (χ1n) is 4.56. The number of rotatable bonds is 3. The van der Waals surface area contributed by atoms with Crippen molar-refractivity contribution in [3.05, 3.63) is 28.5 Å².